The minimum absolute atomic E-state index is 0.114. The Kier molecular flexibility index (Phi) is 6.11. The second-order valence-electron chi connectivity index (χ2n) is 9.78. The van der Waals surface area contributed by atoms with Crippen molar-refractivity contribution in [3.63, 3.8) is 0 Å². The molecule has 0 radical (unpaired) electrons. The molecule has 1 amide bonds. The number of benzene rings is 2. The Balaban J connectivity index is 1.75. The predicted octanol–water partition coefficient (Wildman–Crippen LogP) is 5.10. The smallest absolute Gasteiger partial charge is 0.350 e. The van der Waals surface area contributed by atoms with Crippen LogP contribution >= 0.6 is 23.4 Å². The van der Waals surface area contributed by atoms with Crippen molar-refractivity contribution in [2.24, 2.45) is 0 Å². The first-order chi connectivity index (χ1) is 17.0. The van der Waals surface area contributed by atoms with E-state index in [9.17, 15) is 18.4 Å². The molecule has 2 aliphatic heterocycles. The monoisotopic (exact) mass is 530 g/mol. The largest absolute Gasteiger partial charge is 0.350 e. The number of hydrogen-bond donors (Lipinski definition) is 0. The number of nitrogens with zero attached hydrogens (tertiary/aromatic N) is 4. The van der Waals surface area contributed by atoms with E-state index in [2.05, 4.69) is 11.6 Å². The number of aromatic nitrogens is 2. The molecule has 0 saturated carbocycles. The fourth-order valence-electron chi connectivity index (χ4n) is 5.06. The molecule has 10 heteroatoms. The first-order valence-corrected chi connectivity index (χ1v) is 12.8. The van der Waals surface area contributed by atoms with E-state index < -0.39 is 22.1 Å². The molecule has 1 saturated heterocycles. The fraction of sp³-hybridized carbons (Fsp3) is 0.346. The van der Waals surface area contributed by atoms with Gasteiger partial charge in [0.25, 0.3) is 0 Å². The summed E-state index contributed by atoms with van der Waals surface area (Å²) < 4.78 is 29.8. The molecule has 0 spiro atoms. The van der Waals surface area contributed by atoms with Crippen LogP contribution in [0.2, 0.25) is 5.02 Å². The zero-order valence-corrected chi connectivity index (χ0v) is 21.7. The van der Waals surface area contributed by atoms with Gasteiger partial charge in [0.2, 0.25) is 5.91 Å². The topological polar surface area (TPSA) is 58.4 Å². The highest BCUT2D eigenvalue weighted by Crippen LogP contribution is 2.51. The summed E-state index contributed by atoms with van der Waals surface area (Å²) in [6, 6.07) is 5.00. The summed E-state index contributed by atoms with van der Waals surface area (Å²) in [6.07, 6.45) is 1.30. The van der Waals surface area contributed by atoms with Crippen LogP contribution in [0.5, 0.6) is 0 Å². The minimum Gasteiger partial charge on any atom is -0.350 e. The molecule has 0 bridgehead atoms. The van der Waals surface area contributed by atoms with Crippen LogP contribution in [0.1, 0.15) is 20.8 Å². The van der Waals surface area contributed by atoms with E-state index in [0.29, 0.717) is 53.4 Å². The van der Waals surface area contributed by atoms with Gasteiger partial charge >= 0.3 is 5.69 Å². The molecule has 0 unspecified atom stereocenters. The fourth-order valence-corrected chi connectivity index (χ4v) is 6.81. The summed E-state index contributed by atoms with van der Waals surface area (Å²) in [4.78, 5) is 34.3. The van der Waals surface area contributed by atoms with E-state index in [-0.39, 0.29) is 22.5 Å². The van der Waals surface area contributed by atoms with Crippen molar-refractivity contribution in [2.45, 2.75) is 43.0 Å². The number of carbonyl (C=O) groups is 1. The molecule has 36 heavy (non-hydrogen) atoms. The van der Waals surface area contributed by atoms with Crippen LogP contribution in [0, 0.1) is 11.6 Å². The van der Waals surface area contributed by atoms with Gasteiger partial charge in [-0.3, -0.25) is 9.36 Å². The van der Waals surface area contributed by atoms with Crippen molar-refractivity contribution >= 4 is 46.0 Å². The number of hydrogen-bond acceptors (Lipinski definition) is 5. The van der Waals surface area contributed by atoms with Crippen molar-refractivity contribution in [2.75, 3.05) is 24.5 Å². The third kappa shape index (κ3) is 4.08. The third-order valence-corrected chi connectivity index (χ3v) is 8.24. The van der Waals surface area contributed by atoms with Gasteiger partial charge in [-0.15, -0.1) is 11.8 Å². The second kappa shape index (κ2) is 8.88. The van der Waals surface area contributed by atoms with Crippen LogP contribution in [0.3, 0.4) is 0 Å². The maximum atomic E-state index is 14.9. The molecule has 6 nitrogen and oxygen atoms in total. The molecule has 0 N–H and O–H groups in total. The molecule has 2 aliphatic rings. The van der Waals surface area contributed by atoms with E-state index >= 15 is 0 Å². The maximum absolute atomic E-state index is 14.9. The first kappa shape index (κ1) is 24.8. The highest BCUT2D eigenvalue weighted by molar-refractivity contribution is 8.01. The van der Waals surface area contributed by atoms with Crippen LogP contribution < -0.4 is 10.6 Å². The lowest BCUT2D eigenvalue weighted by atomic mass is 10.0. The Hall–Kier alpha value is -2.91. The summed E-state index contributed by atoms with van der Waals surface area (Å²) in [5, 5.41) is 0.966. The zero-order valence-electron chi connectivity index (χ0n) is 20.1. The van der Waals surface area contributed by atoms with Crippen molar-refractivity contribution in [1.82, 2.24) is 14.5 Å². The lowest BCUT2D eigenvalue weighted by Gasteiger charge is -2.41. The van der Waals surface area contributed by atoms with Gasteiger partial charge in [-0.05, 0) is 45.0 Å². The Morgan fingerprint density at radius 3 is 2.69 bits per heavy atom. The average molecular weight is 531 g/mol. The molecule has 1 aromatic heterocycles. The highest BCUT2D eigenvalue weighted by Gasteiger charge is 2.35. The van der Waals surface area contributed by atoms with Crippen molar-refractivity contribution < 1.29 is 13.6 Å². The summed E-state index contributed by atoms with van der Waals surface area (Å²) in [5.41, 5.74) is 0.830. The summed E-state index contributed by atoms with van der Waals surface area (Å²) in [6.45, 7) is 11.3. The number of amides is 1. The lowest BCUT2D eigenvalue weighted by molar-refractivity contribution is -0.126. The summed E-state index contributed by atoms with van der Waals surface area (Å²) >= 11 is 8.31. The zero-order chi connectivity index (χ0) is 25.9. The van der Waals surface area contributed by atoms with Gasteiger partial charge < -0.3 is 9.80 Å². The predicted molar refractivity (Wildman–Crippen MR) is 140 cm³/mol. The molecule has 1 fully saturated rings. The molecule has 188 valence electrons. The van der Waals surface area contributed by atoms with Crippen LogP contribution in [0.4, 0.5) is 14.6 Å². The summed E-state index contributed by atoms with van der Waals surface area (Å²) in [7, 11) is 0. The quantitative estimate of drug-likeness (QED) is 0.441. The van der Waals surface area contributed by atoms with Crippen LogP contribution in [-0.4, -0.2) is 50.8 Å². The first-order valence-electron chi connectivity index (χ1n) is 11.6. The lowest BCUT2D eigenvalue weighted by Crippen LogP contribution is -2.54. The Morgan fingerprint density at radius 1 is 1.28 bits per heavy atom. The van der Waals surface area contributed by atoms with E-state index in [1.807, 2.05) is 25.7 Å². The van der Waals surface area contributed by atoms with Gasteiger partial charge in [0.15, 0.2) is 0 Å². The van der Waals surface area contributed by atoms with E-state index in [0.717, 1.165) is 6.07 Å². The molecule has 1 atom stereocenters. The van der Waals surface area contributed by atoms with E-state index in [1.165, 1.54) is 30.0 Å². The minimum atomic E-state index is -0.726. The van der Waals surface area contributed by atoms with Gasteiger partial charge in [0.1, 0.15) is 17.5 Å². The van der Waals surface area contributed by atoms with Crippen molar-refractivity contribution in [3.05, 3.63) is 64.1 Å². The number of anilines is 1. The maximum Gasteiger partial charge on any atom is 0.350 e. The third-order valence-electron chi connectivity index (χ3n) is 6.65. The molecule has 2 aromatic carbocycles. The number of thioether (sulfide) groups is 1. The summed E-state index contributed by atoms with van der Waals surface area (Å²) in [5.74, 6) is -1.06. The van der Waals surface area contributed by atoms with Gasteiger partial charge in [0, 0.05) is 64.4 Å². The van der Waals surface area contributed by atoms with E-state index in [1.54, 1.807) is 15.5 Å². The molecule has 3 heterocycles. The van der Waals surface area contributed by atoms with Gasteiger partial charge in [-0.1, -0.05) is 18.2 Å². The van der Waals surface area contributed by atoms with Crippen LogP contribution in [-0.2, 0) is 11.3 Å². The Labute approximate surface area is 216 Å². The standard InChI is InChI=1S/C26H25ClF2N4O2S/c1-5-20(34)31-8-9-32(14(2)12-31)24-17-11-18(27)21(16-7-6-15(28)10-19(16)29)23-22(17)33(25(35)30-24)13-26(3,4)36-23/h5-7,10-11,14H,1,8-9,12-13H2,2-4H3/t14-/m0/s1. The van der Waals surface area contributed by atoms with Gasteiger partial charge in [0.05, 0.1) is 10.5 Å². The average Bonchev–Trinajstić information content (AvgIpc) is 2.81. The Bertz CT molecular complexity index is 1490. The Morgan fingerprint density at radius 2 is 2.03 bits per heavy atom. The number of carbonyl (C=O) groups excluding carboxylic acids is 1. The van der Waals surface area contributed by atoms with Crippen molar-refractivity contribution in [3.8, 4) is 11.1 Å². The number of rotatable bonds is 3. The SMILES string of the molecule is C=CC(=O)N1CCN(c2nc(=O)n3c4c(c(-c5ccc(F)cc5F)c(Cl)cc24)SC(C)(C)C3)[C@@H](C)C1. The molecular formula is C26H25ClF2N4O2S. The van der Waals surface area contributed by atoms with Crippen LogP contribution in [0.15, 0.2) is 46.6 Å². The number of halogens is 3. The molecule has 0 aliphatic carbocycles. The van der Waals surface area contributed by atoms with Gasteiger partial charge in [-0.2, -0.15) is 4.98 Å². The molecule has 3 aromatic rings. The molecule has 5 rings (SSSR count). The normalized spacial score (nSPS) is 19.0. The van der Waals surface area contributed by atoms with Gasteiger partial charge in [-0.25, -0.2) is 13.6 Å². The highest BCUT2D eigenvalue weighted by atomic mass is 35.5. The second-order valence-corrected chi connectivity index (χ2v) is 11.9. The number of piperazine rings is 1. The van der Waals surface area contributed by atoms with Crippen LogP contribution in [0.25, 0.3) is 22.0 Å². The van der Waals surface area contributed by atoms with E-state index in [4.69, 9.17) is 11.6 Å². The molecular weight excluding hydrogens is 506 g/mol. The van der Waals surface area contributed by atoms with Crippen molar-refractivity contribution in [1.29, 1.82) is 0 Å².